The first-order valence-corrected chi connectivity index (χ1v) is 6.45. The van der Waals surface area contributed by atoms with E-state index in [1.807, 2.05) is 13.0 Å². The maximum Gasteiger partial charge on any atom is 0.328 e. The zero-order chi connectivity index (χ0) is 15.3. The van der Waals surface area contributed by atoms with E-state index >= 15 is 0 Å². The number of rotatable bonds is 5. The zero-order valence-electron chi connectivity index (χ0n) is 12.0. The number of anilines is 1. The first-order valence-electron chi connectivity index (χ1n) is 6.08. The fourth-order valence-electron chi connectivity index (χ4n) is 1.93. The van der Waals surface area contributed by atoms with Crippen molar-refractivity contribution in [3.63, 3.8) is 0 Å². The van der Waals surface area contributed by atoms with Gasteiger partial charge in [-0.1, -0.05) is 23.7 Å². The van der Waals surface area contributed by atoms with Crippen LogP contribution in [0.3, 0.4) is 0 Å². The molecule has 0 saturated heterocycles. The number of amides is 1. The second-order valence-electron chi connectivity index (χ2n) is 4.30. The second kappa shape index (κ2) is 7.26. The van der Waals surface area contributed by atoms with Crippen molar-refractivity contribution in [3.8, 4) is 0 Å². The Labute approximate surface area is 123 Å². The Morgan fingerprint density at radius 3 is 2.50 bits per heavy atom. The fraction of sp³-hybridized carbons (Fsp3) is 0.429. The third-order valence-electron chi connectivity index (χ3n) is 2.90. The number of carbonyl (C=O) groups excluding carboxylic acids is 2. The molecule has 1 amide bonds. The molecule has 0 aliphatic rings. The number of ether oxygens (including phenoxy) is 2. The molecule has 110 valence electrons. The van der Waals surface area contributed by atoms with Crippen molar-refractivity contribution in [2.45, 2.75) is 19.9 Å². The minimum atomic E-state index is -0.791. The summed E-state index contributed by atoms with van der Waals surface area (Å²) in [5, 5.41) is 0.394. The smallest absolute Gasteiger partial charge is 0.328 e. The van der Waals surface area contributed by atoms with Crippen LogP contribution in [0.5, 0.6) is 0 Å². The molecule has 0 N–H and O–H groups in total. The number of esters is 1. The Hall–Kier alpha value is -1.59. The maximum absolute atomic E-state index is 12.2. The average Bonchev–Trinajstić information content (AvgIpc) is 2.41. The Morgan fingerprint density at radius 1 is 1.35 bits per heavy atom. The van der Waals surface area contributed by atoms with Crippen LogP contribution in [0.2, 0.25) is 5.02 Å². The summed E-state index contributed by atoms with van der Waals surface area (Å²) in [7, 11) is 2.69. The molecule has 1 aromatic rings. The highest BCUT2D eigenvalue weighted by atomic mass is 35.5. The average molecular weight is 300 g/mol. The lowest BCUT2D eigenvalue weighted by Gasteiger charge is -2.29. The molecule has 0 heterocycles. The van der Waals surface area contributed by atoms with E-state index < -0.39 is 12.0 Å². The topological polar surface area (TPSA) is 55.8 Å². The largest absolute Gasteiger partial charge is 0.467 e. The number of aryl methyl sites for hydroxylation is 1. The summed E-state index contributed by atoms with van der Waals surface area (Å²) in [5.74, 6) is -0.879. The SMILES string of the molecule is COCC(=O)N(c1c(C)cccc1Cl)C(C)C(=O)OC. The number of carbonyl (C=O) groups is 2. The molecule has 5 nitrogen and oxygen atoms in total. The highest BCUT2D eigenvalue weighted by Crippen LogP contribution is 2.31. The lowest BCUT2D eigenvalue weighted by atomic mass is 10.1. The number of hydrogen-bond donors (Lipinski definition) is 0. The fourth-order valence-corrected chi connectivity index (χ4v) is 2.24. The number of nitrogens with zero attached hydrogens (tertiary/aromatic N) is 1. The van der Waals surface area contributed by atoms with Crippen molar-refractivity contribution in [2.75, 3.05) is 25.7 Å². The van der Waals surface area contributed by atoms with Crippen LogP contribution in [-0.4, -0.2) is 38.7 Å². The number of methoxy groups -OCH3 is 2. The van der Waals surface area contributed by atoms with Crippen LogP contribution in [0, 0.1) is 6.92 Å². The van der Waals surface area contributed by atoms with Gasteiger partial charge >= 0.3 is 5.97 Å². The molecular weight excluding hydrogens is 282 g/mol. The monoisotopic (exact) mass is 299 g/mol. The van der Waals surface area contributed by atoms with Gasteiger partial charge < -0.3 is 9.47 Å². The second-order valence-corrected chi connectivity index (χ2v) is 4.71. The molecule has 1 rings (SSSR count). The van der Waals surface area contributed by atoms with Gasteiger partial charge in [-0.3, -0.25) is 9.69 Å². The van der Waals surface area contributed by atoms with E-state index in [4.69, 9.17) is 21.1 Å². The van der Waals surface area contributed by atoms with Gasteiger partial charge in [-0.25, -0.2) is 4.79 Å². The van der Waals surface area contributed by atoms with E-state index in [0.29, 0.717) is 10.7 Å². The summed E-state index contributed by atoms with van der Waals surface area (Å²) in [6.07, 6.45) is 0. The molecule has 0 fully saturated rings. The van der Waals surface area contributed by atoms with Gasteiger partial charge in [-0.05, 0) is 25.5 Å². The number of para-hydroxylation sites is 1. The van der Waals surface area contributed by atoms with Crippen molar-refractivity contribution in [3.05, 3.63) is 28.8 Å². The van der Waals surface area contributed by atoms with Crippen LogP contribution in [0.4, 0.5) is 5.69 Å². The van der Waals surface area contributed by atoms with Crippen molar-refractivity contribution >= 4 is 29.2 Å². The Balaban J connectivity index is 3.30. The van der Waals surface area contributed by atoms with Gasteiger partial charge in [0.05, 0.1) is 17.8 Å². The molecule has 0 saturated carbocycles. The van der Waals surface area contributed by atoms with Crippen molar-refractivity contribution in [2.24, 2.45) is 0 Å². The first-order chi connectivity index (χ1) is 9.43. The Morgan fingerprint density at radius 2 is 2.00 bits per heavy atom. The third-order valence-corrected chi connectivity index (χ3v) is 3.20. The van der Waals surface area contributed by atoms with E-state index in [-0.39, 0.29) is 12.5 Å². The van der Waals surface area contributed by atoms with E-state index in [9.17, 15) is 9.59 Å². The molecule has 0 radical (unpaired) electrons. The summed E-state index contributed by atoms with van der Waals surface area (Å²) < 4.78 is 9.57. The third kappa shape index (κ3) is 3.49. The van der Waals surface area contributed by atoms with E-state index in [1.54, 1.807) is 19.1 Å². The van der Waals surface area contributed by atoms with Gasteiger partial charge in [-0.2, -0.15) is 0 Å². The predicted octanol–water partition coefficient (Wildman–Crippen LogP) is 2.19. The summed E-state index contributed by atoms with van der Waals surface area (Å²) in [6.45, 7) is 3.26. The molecule has 0 bridgehead atoms. The zero-order valence-corrected chi connectivity index (χ0v) is 12.7. The molecule has 1 aromatic carbocycles. The van der Waals surface area contributed by atoms with Crippen molar-refractivity contribution < 1.29 is 19.1 Å². The van der Waals surface area contributed by atoms with Gasteiger partial charge in [0.15, 0.2) is 0 Å². The van der Waals surface area contributed by atoms with Gasteiger partial charge in [0, 0.05) is 7.11 Å². The minimum Gasteiger partial charge on any atom is -0.467 e. The predicted molar refractivity (Wildman–Crippen MR) is 77.0 cm³/mol. The quantitative estimate of drug-likeness (QED) is 0.782. The van der Waals surface area contributed by atoms with Crippen LogP contribution in [-0.2, 0) is 19.1 Å². The van der Waals surface area contributed by atoms with Gasteiger partial charge in [0.25, 0.3) is 5.91 Å². The van der Waals surface area contributed by atoms with E-state index in [2.05, 4.69) is 0 Å². The van der Waals surface area contributed by atoms with Crippen LogP contribution >= 0.6 is 11.6 Å². The summed E-state index contributed by atoms with van der Waals surface area (Å²) in [4.78, 5) is 25.3. The lowest BCUT2D eigenvalue weighted by Crippen LogP contribution is -2.46. The van der Waals surface area contributed by atoms with Gasteiger partial charge in [0.1, 0.15) is 12.6 Å². The number of hydrogen-bond acceptors (Lipinski definition) is 4. The maximum atomic E-state index is 12.2. The van der Waals surface area contributed by atoms with Crippen LogP contribution < -0.4 is 4.90 Å². The molecular formula is C14H18ClNO4. The van der Waals surface area contributed by atoms with Crippen LogP contribution in [0.1, 0.15) is 12.5 Å². The molecule has 1 unspecified atom stereocenters. The first kappa shape index (κ1) is 16.5. The highest BCUT2D eigenvalue weighted by molar-refractivity contribution is 6.34. The van der Waals surface area contributed by atoms with Gasteiger partial charge in [-0.15, -0.1) is 0 Å². The molecule has 0 aromatic heterocycles. The van der Waals surface area contributed by atoms with E-state index in [0.717, 1.165) is 5.56 Å². The molecule has 6 heteroatoms. The standard InChI is InChI=1S/C14H18ClNO4/c1-9-6-5-7-11(15)13(9)16(12(17)8-19-3)10(2)14(18)20-4/h5-7,10H,8H2,1-4H3. The molecule has 0 aliphatic heterocycles. The molecule has 0 aliphatic carbocycles. The number of halogens is 1. The number of benzene rings is 1. The normalized spacial score (nSPS) is 11.8. The van der Waals surface area contributed by atoms with Crippen LogP contribution in [0.25, 0.3) is 0 Å². The summed E-state index contributed by atoms with van der Waals surface area (Å²) >= 11 is 6.17. The molecule has 20 heavy (non-hydrogen) atoms. The van der Waals surface area contributed by atoms with Crippen molar-refractivity contribution in [1.82, 2.24) is 0 Å². The summed E-state index contributed by atoms with van der Waals surface area (Å²) in [6, 6.07) is 4.48. The molecule has 1 atom stereocenters. The molecule has 0 spiro atoms. The van der Waals surface area contributed by atoms with Crippen molar-refractivity contribution in [1.29, 1.82) is 0 Å². The lowest BCUT2D eigenvalue weighted by molar-refractivity contribution is -0.143. The highest BCUT2D eigenvalue weighted by Gasteiger charge is 2.30. The van der Waals surface area contributed by atoms with Crippen LogP contribution in [0.15, 0.2) is 18.2 Å². The Kier molecular flexibility index (Phi) is 5.98. The van der Waals surface area contributed by atoms with Gasteiger partial charge in [0.2, 0.25) is 0 Å². The van der Waals surface area contributed by atoms with E-state index in [1.165, 1.54) is 19.1 Å². The minimum absolute atomic E-state index is 0.147. The Bertz CT molecular complexity index is 484. The summed E-state index contributed by atoms with van der Waals surface area (Å²) in [5.41, 5.74) is 1.28.